The lowest BCUT2D eigenvalue weighted by Crippen LogP contribution is -1.93. The molecule has 0 heterocycles. The zero-order valence-corrected chi connectivity index (χ0v) is 80.6. The van der Waals surface area contributed by atoms with E-state index in [1.807, 2.05) is 0 Å². The Balaban J connectivity index is -0.000000167. The van der Waals surface area contributed by atoms with E-state index in [1.54, 1.807) is 0 Å². The average molecular weight is 1720 g/mol. The lowest BCUT2D eigenvalue weighted by Gasteiger charge is -2.03. The molecule has 18 heteroatoms. The Kier molecular flexibility index (Phi) is 144. The minimum absolute atomic E-state index is 0.341. The minimum atomic E-state index is -0.663. The molecule has 0 rings (SSSR count). The Morgan fingerprint density at radius 1 is 0.100 bits per heavy atom. The van der Waals surface area contributed by atoms with Crippen LogP contribution in [0.4, 0.5) is 0 Å². The molecule has 9 N–H and O–H groups in total. The Morgan fingerprint density at radius 3 is 0.200 bits per heavy atom. The Morgan fingerprint density at radius 2 is 0.150 bits per heavy atom. The van der Waals surface area contributed by atoms with E-state index < -0.39 is 53.7 Å². The topological polar surface area (TPSA) is 336 Å². The molecule has 0 spiro atoms. The van der Waals surface area contributed by atoms with Crippen LogP contribution in [0.25, 0.3) is 0 Å². The van der Waals surface area contributed by atoms with Crippen LogP contribution in [0.15, 0.2) is 0 Å². The average Bonchev–Trinajstić information content (AvgIpc) is 2.42. The molecule has 0 atom stereocenters. The lowest BCUT2D eigenvalue weighted by molar-refractivity contribution is -0.138. The van der Waals surface area contributed by atoms with Gasteiger partial charge in [0, 0.05) is 57.8 Å². The summed E-state index contributed by atoms with van der Waals surface area (Å²) in [4.78, 5) is 91.5. The molecule has 120 heavy (non-hydrogen) atoms. The molecule has 0 aliphatic heterocycles. The van der Waals surface area contributed by atoms with Crippen LogP contribution >= 0.6 is 0 Å². The van der Waals surface area contributed by atoms with Crippen molar-refractivity contribution in [3.8, 4) is 0 Å². The predicted octanol–water partition coefficient (Wildman–Crippen LogP) is 33.6. The van der Waals surface area contributed by atoms with Crippen molar-refractivity contribution in [3.63, 3.8) is 0 Å². The monoisotopic (exact) mass is 1720 g/mol. The smallest absolute Gasteiger partial charge is 0.303 e. The molecule has 0 aliphatic rings. The van der Waals surface area contributed by atoms with Crippen molar-refractivity contribution < 1.29 is 89.1 Å². The molecule has 0 unspecified atom stereocenters. The number of hydrogen-bond donors (Lipinski definition) is 9. The second kappa shape index (κ2) is 130. The number of unbranched alkanes of at least 4 members (excludes halogenated alkanes) is 66. The third kappa shape index (κ3) is 183. The fraction of sp³-hybridized carbons (Fsp3) is 0.912. The lowest BCUT2D eigenvalue weighted by atomic mass is 10.0. The van der Waals surface area contributed by atoms with Gasteiger partial charge >= 0.3 is 53.7 Å². The van der Waals surface area contributed by atoms with Gasteiger partial charge in [-0.1, -0.05) is 486 Å². The highest BCUT2D eigenvalue weighted by molar-refractivity contribution is 5.69. The molecule has 0 aromatic carbocycles. The molecule has 0 aromatic heterocycles. The predicted molar refractivity (Wildman–Crippen MR) is 508 cm³/mol. The summed E-state index contributed by atoms with van der Waals surface area (Å²) in [6, 6.07) is 0. The largest absolute Gasteiger partial charge is 0.481 e. The van der Waals surface area contributed by atoms with Gasteiger partial charge in [-0.05, 0) is 57.8 Å². The number of carboxylic acids is 9. The molecule has 0 amide bonds. The zero-order valence-electron chi connectivity index (χ0n) is 80.6. The van der Waals surface area contributed by atoms with Crippen LogP contribution in [0.2, 0.25) is 0 Å². The van der Waals surface area contributed by atoms with Crippen LogP contribution in [0.3, 0.4) is 0 Å². The second-order valence-electron chi connectivity index (χ2n) is 33.6. The highest BCUT2D eigenvalue weighted by Gasteiger charge is 2.04. The first-order valence-electron chi connectivity index (χ1n) is 50.9. The summed E-state index contributed by atoms with van der Waals surface area (Å²) in [5, 5.41) is 75.4. The van der Waals surface area contributed by atoms with E-state index >= 15 is 0 Å². The molecule has 18 nitrogen and oxygen atoms in total. The number of aliphatic carboxylic acids is 9. The van der Waals surface area contributed by atoms with E-state index in [0.29, 0.717) is 57.8 Å². The molecule has 720 valence electrons. The van der Waals surface area contributed by atoms with Crippen LogP contribution < -0.4 is 0 Å². The Labute approximate surface area is 740 Å². The van der Waals surface area contributed by atoms with E-state index in [4.69, 9.17) is 46.0 Å². The highest BCUT2D eigenvalue weighted by atomic mass is 16.4. The number of rotatable bonds is 84. The van der Waals surface area contributed by atoms with Crippen LogP contribution in [0.5, 0.6) is 0 Å². The minimum Gasteiger partial charge on any atom is -0.481 e. The van der Waals surface area contributed by atoms with Crippen LogP contribution in [-0.4, -0.2) is 99.7 Å². The molecule has 0 aliphatic carbocycles. The normalized spacial score (nSPS) is 10.3. The summed E-state index contributed by atoms with van der Waals surface area (Å²) in [6.45, 7) is 19.9. The molecule has 0 bridgehead atoms. The maximum atomic E-state index is 10.4. The van der Waals surface area contributed by atoms with Crippen molar-refractivity contribution in [3.05, 3.63) is 0 Å². The van der Waals surface area contributed by atoms with Gasteiger partial charge in [0.05, 0.1) is 0 Å². The number of carbonyl (C=O) groups is 9. The van der Waals surface area contributed by atoms with Gasteiger partial charge in [0.25, 0.3) is 0 Å². The first-order chi connectivity index (χ1) is 57.9. The summed E-state index contributed by atoms with van der Waals surface area (Å²) >= 11 is 0. The fourth-order valence-corrected chi connectivity index (χ4v) is 13.2. The standard InChI is InChI=1S/C22H44O2.8C10H20O2/c1-2-3-4-5-6-7-8-9-10-11-12-13-14-15-16-17-18-19-20-21-22(23)24;8*1-2-3-4-5-6-7-8-9-10(11)12/h2-21H2,1H3,(H,23,24);8*2-9H2,1H3,(H,11,12). The fourth-order valence-electron chi connectivity index (χ4n) is 13.2. The van der Waals surface area contributed by atoms with Crippen molar-refractivity contribution in [1.29, 1.82) is 0 Å². The zero-order chi connectivity index (χ0) is 91.6. The van der Waals surface area contributed by atoms with E-state index in [0.717, 1.165) is 116 Å². The second-order valence-corrected chi connectivity index (χ2v) is 33.6. The summed E-state index contributed by atoms with van der Waals surface area (Å²) in [5.41, 5.74) is 0. The Bertz CT molecular complexity index is 1660. The Hall–Kier alpha value is -4.77. The van der Waals surface area contributed by atoms with E-state index in [-0.39, 0.29) is 0 Å². The van der Waals surface area contributed by atoms with Crippen molar-refractivity contribution in [2.45, 2.75) is 602 Å². The molecular weight excluding hydrogens is 1510 g/mol. The molecule has 0 saturated heterocycles. The van der Waals surface area contributed by atoms with Crippen LogP contribution in [-0.2, 0) is 43.2 Å². The van der Waals surface area contributed by atoms with E-state index in [2.05, 4.69) is 62.3 Å². The van der Waals surface area contributed by atoms with Gasteiger partial charge in [-0.15, -0.1) is 0 Å². The van der Waals surface area contributed by atoms with Gasteiger partial charge in [0.2, 0.25) is 0 Å². The van der Waals surface area contributed by atoms with Crippen molar-refractivity contribution in [1.82, 2.24) is 0 Å². The van der Waals surface area contributed by atoms with Gasteiger partial charge < -0.3 is 46.0 Å². The summed E-state index contributed by atoms with van der Waals surface area (Å²) in [5.74, 6) is -5.96. The van der Waals surface area contributed by atoms with Crippen LogP contribution in [0.1, 0.15) is 602 Å². The SMILES string of the molecule is CCCCCCCCCC(=O)O.CCCCCCCCCC(=O)O.CCCCCCCCCC(=O)O.CCCCCCCCCC(=O)O.CCCCCCCCCC(=O)O.CCCCCCCCCC(=O)O.CCCCCCCCCC(=O)O.CCCCCCCCCC(=O)O.CCCCCCCCCCCCCCCCCCCCCC(=O)O. The van der Waals surface area contributed by atoms with Gasteiger partial charge in [-0.25, -0.2) is 0 Å². The molecular formula is C102H204O18. The molecule has 0 radical (unpaired) electrons. The summed E-state index contributed by atoms with van der Waals surface area (Å²) in [6.07, 6.45) is 95.2. The molecule has 0 saturated carbocycles. The first-order valence-corrected chi connectivity index (χ1v) is 50.9. The highest BCUT2D eigenvalue weighted by Crippen LogP contribution is 2.18. The van der Waals surface area contributed by atoms with Crippen molar-refractivity contribution in [2.24, 2.45) is 0 Å². The summed E-state index contributed by atoms with van der Waals surface area (Å²) < 4.78 is 0. The van der Waals surface area contributed by atoms with Gasteiger partial charge in [0.15, 0.2) is 0 Å². The van der Waals surface area contributed by atoms with Gasteiger partial charge in [-0.2, -0.15) is 0 Å². The quantitative estimate of drug-likeness (QED) is 0.0255. The van der Waals surface area contributed by atoms with E-state index in [9.17, 15) is 43.2 Å². The molecule has 0 fully saturated rings. The number of carboxylic acid groups (broad SMARTS) is 9. The van der Waals surface area contributed by atoms with Crippen molar-refractivity contribution in [2.75, 3.05) is 0 Å². The van der Waals surface area contributed by atoms with Gasteiger partial charge in [-0.3, -0.25) is 43.2 Å². The summed E-state index contributed by atoms with van der Waals surface area (Å²) in [7, 11) is 0. The third-order valence-corrected chi connectivity index (χ3v) is 20.9. The maximum absolute atomic E-state index is 10.4. The van der Waals surface area contributed by atoms with Gasteiger partial charge in [0.1, 0.15) is 0 Å². The van der Waals surface area contributed by atoms with Crippen molar-refractivity contribution >= 4 is 53.7 Å². The van der Waals surface area contributed by atoms with Crippen LogP contribution in [0, 0.1) is 0 Å². The third-order valence-electron chi connectivity index (χ3n) is 20.9. The first kappa shape index (κ1) is 133. The molecule has 0 aromatic rings. The van der Waals surface area contributed by atoms with E-state index in [1.165, 1.54) is 366 Å². The number of hydrogen-bond acceptors (Lipinski definition) is 9. The maximum Gasteiger partial charge on any atom is 0.303 e.